The Bertz CT molecular complexity index is 478. The number of carbonyl (C=O) groups is 1. The van der Waals surface area contributed by atoms with Crippen LogP contribution in [-0.4, -0.2) is 16.8 Å². The lowest BCUT2D eigenvalue weighted by molar-refractivity contribution is 0.0909. The zero-order chi connectivity index (χ0) is 14.0. The first-order valence-electron chi connectivity index (χ1n) is 6.00. The van der Waals surface area contributed by atoms with Crippen LogP contribution >= 0.6 is 15.9 Å². The van der Waals surface area contributed by atoms with Crippen molar-refractivity contribution in [3.8, 4) is 0 Å². The zero-order valence-electron chi connectivity index (χ0n) is 10.1. The monoisotopic (exact) mass is 335 g/mol. The van der Waals surface area contributed by atoms with Gasteiger partial charge < -0.3 is 5.32 Å². The number of rotatable bonds is 3. The lowest BCUT2D eigenvalue weighted by Crippen LogP contribution is -2.47. The van der Waals surface area contributed by atoms with Gasteiger partial charge in [-0.3, -0.25) is 4.79 Å². The molecule has 0 unspecified atom stereocenters. The number of hydrogen-bond acceptors (Lipinski definition) is 1. The van der Waals surface area contributed by atoms with Gasteiger partial charge in [0, 0.05) is 10.9 Å². The van der Waals surface area contributed by atoms with Crippen molar-refractivity contribution in [1.82, 2.24) is 5.32 Å². The van der Waals surface area contributed by atoms with E-state index in [1.807, 2.05) is 0 Å². The molecule has 1 fully saturated rings. The molecule has 0 bridgehead atoms. The highest BCUT2D eigenvalue weighted by Crippen LogP contribution is 2.31. The highest BCUT2D eigenvalue weighted by Gasteiger charge is 2.34. The molecular weight excluding hydrogens is 323 g/mol. The van der Waals surface area contributed by atoms with E-state index in [2.05, 4.69) is 21.2 Å². The molecule has 1 amide bonds. The highest BCUT2D eigenvalue weighted by atomic mass is 79.9. The van der Waals surface area contributed by atoms with E-state index in [1.165, 1.54) is 0 Å². The fourth-order valence-corrected chi connectivity index (χ4v) is 3.04. The van der Waals surface area contributed by atoms with Gasteiger partial charge in [-0.25, -0.2) is 13.2 Å². The quantitative estimate of drug-likeness (QED) is 0.664. The van der Waals surface area contributed by atoms with Crippen LogP contribution in [0.1, 0.15) is 36.0 Å². The predicted octanol–water partition coefficient (Wildman–Crippen LogP) is 3.54. The van der Waals surface area contributed by atoms with Crippen LogP contribution in [0.25, 0.3) is 0 Å². The summed E-state index contributed by atoms with van der Waals surface area (Å²) in [6, 6.07) is 1.43. The van der Waals surface area contributed by atoms with E-state index in [0.717, 1.165) is 25.7 Å². The molecule has 0 heterocycles. The summed E-state index contributed by atoms with van der Waals surface area (Å²) in [6.45, 7) is 0. The summed E-state index contributed by atoms with van der Waals surface area (Å²) < 4.78 is 39.0. The number of carbonyl (C=O) groups excluding carboxylic acids is 1. The third-order valence-electron chi connectivity index (χ3n) is 3.44. The van der Waals surface area contributed by atoms with Crippen LogP contribution in [-0.2, 0) is 0 Å². The van der Waals surface area contributed by atoms with E-state index >= 15 is 0 Å². The molecule has 1 saturated carbocycles. The molecule has 104 valence electrons. The molecule has 1 aliphatic carbocycles. The molecule has 1 N–H and O–H groups in total. The predicted molar refractivity (Wildman–Crippen MR) is 68.8 cm³/mol. The summed E-state index contributed by atoms with van der Waals surface area (Å²) in [6.07, 6.45) is 3.63. The van der Waals surface area contributed by atoms with Gasteiger partial charge in [-0.2, -0.15) is 0 Å². The number of amides is 1. The van der Waals surface area contributed by atoms with Gasteiger partial charge in [0.1, 0.15) is 0 Å². The minimum Gasteiger partial charge on any atom is -0.346 e. The molecule has 0 radical (unpaired) electrons. The lowest BCUT2D eigenvalue weighted by Gasteiger charge is -2.28. The van der Waals surface area contributed by atoms with Gasteiger partial charge in [-0.05, 0) is 25.0 Å². The van der Waals surface area contributed by atoms with Gasteiger partial charge in [-0.15, -0.1) is 0 Å². The number of nitrogens with one attached hydrogen (secondary N) is 1. The summed E-state index contributed by atoms with van der Waals surface area (Å²) >= 11 is 3.35. The van der Waals surface area contributed by atoms with Gasteiger partial charge >= 0.3 is 0 Å². The highest BCUT2D eigenvalue weighted by molar-refractivity contribution is 9.09. The van der Waals surface area contributed by atoms with Crippen molar-refractivity contribution >= 4 is 21.8 Å². The van der Waals surface area contributed by atoms with Crippen LogP contribution in [0.5, 0.6) is 0 Å². The number of alkyl halides is 1. The Morgan fingerprint density at radius 1 is 1.21 bits per heavy atom. The Labute approximate surface area is 117 Å². The summed E-state index contributed by atoms with van der Waals surface area (Å²) in [5.41, 5.74) is -0.582. The molecule has 2 nitrogen and oxygen atoms in total. The van der Waals surface area contributed by atoms with Crippen LogP contribution in [0.2, 0.25) is 0 Å². The topological polar surface area (TPSA) is 29.1 Å². The first-order chi connectivity index (χ1) is 8.97. The maximum absolute atomic E-state index is 13.1. The van der Waals surface area contributed by atoms with Gasteiger partial charge in [0.25, 0.3) is 5.91 Å². The van der Waals surface area contributed by atoms with E-state index in [4.69, 9.17) is 0 Å². The van der Waals surface area contributed by atoms with E-state index in [9.17, 15) is 18.0 Å². The van der Waals surface area contributed by atoms with Gasteiger partial charge in [-0.1, -0.05) is 28.8 Å². The first kappa shape index (κ1) is 14.4. The molecule has 2 rings (SSSR count). The Morgan fingerprint density at radius 3 is 2.21 bits per heavy atom. The Morgan fingerprint density at radius 2 is 1.74 bits per heavy atom. The zero-order valence-corrected chi connectivity index (χ0v) is 11.7. The fourth-order valence-electron chi connectivity index (χ4n) is 2.34. The second kappa shape index (κ2) is 5.53. The third-order valence-corrected chi connectivity index (χ3v) is 4.51. The largest absolute Gasteiger partial charge is 0.346 e. The van der Waals surface area contributed by atoms with Crippen molar-refractivity contribution < 1.29 is 18.0 Å². The van der Waals surface area contributed by atoms with Crippen molar-refractivity contribution in [3.63, 3.8) is 0 Å². The van der Waals surface area contributed by atoms with Crippen molar-refractivity contribution in [3.05, 3.63) is 35.1 Å². The standard InChI is InChI=1S/C13H13BrF3NO/c14-7-13(3-1-2-4-13)18-12(19)8-5-9(15)11(17)10(16)6-8/h5-6H,1-4,7H2,(H,18,19). The Kier molecular flexibility index (Phi) is 4.18. The molecule has 0 saturated heterocycles. The van der Waals surface area contributed by atoms with Crippen LogP contribution < -0.4 is 5.32 Å². The third kappa shape index (κ3) is 2.94. The second-order valence-electron chi connectivity index (χ2n) is 4.83. The summed E-state index contributed by atoms with van der Waals surface area (Å²) in [4.78, 5) is 12.0. The molecule has 0 spiro atoms. The minimum atomic E-state index is -1.56. The molecule has 1 aromatic rings. The molecule has 19 heavy (non-hydrogen) atoms. The number of hydrogen-bond donors (Lipinski definition) is 1. The number of benzene rings is 1. The van der Waals surface area contributed by atoms with E-state index in [-0.39, 0.29) is 11.1 Å². The molecule has 1 aliphatic rings. The van der Waals surface area contributed by atoms with Crippen molar-refractivity contribution in [2.45, 2.75) is 31.2 Å². The lowest BCUT2D eigenvalue weighted by atomic mass is 10.00. The number of halogens is 4. The maximum atomic E-state index is 13.1. The molecule has 0 atom stereocenters. The van der Waals surface area contributed by atoms with E-state index < -0.39 is 23.4 Å². The van der Waals surface area contributed by atoms with Gasteiger partial charge in [0.05, 0.1) is 5.54 Å². The molecule has 0 aromatic heterocycles. The maximum Gasteiger partial charge on any atom is 0.251 e. The van der Waals surface area contributed by atoms with Crippen LogP contribution in [0.4, 0.5) is 13.2 Å². The van der Waals surface area contributed by atoms with Gasteiger partial charge in [0.15, 0.2) is 17.5 Å². The summed E-state index contributed by atoms with van der Waals surface area (Å²) in [5.74, 6) is -4.86. The minimum absolute atomic E-state index is 0.205. The van der Waals surface area contributed by atoms with E-state index in [0.29, 0.717) is 17.5 Å². The molecular formula is C13H13BrF3NO. The van der Waals surface area contributed by atoms with Crippen LogP contribution in [0.15, 0.2) is 12.1 Å². The van der Waals surface area contributed by atoms with Crippen molar-refractivity contribution in [2.75, 3.05) is 5.33 Å². The molecule has 1 aromatic carbocycles. The summed E-state index contributed by atoms with van der Waals surface area (Å²) in [5, 5.41) is 3.37. The van der Waals surface area contributed by atoms with Gasteiger partial charge in [0.2, 0.25) is 0 Å². The van der Waals surface area contributed by atoms with Crippen molar-refractivity contribution in [1.29, 1.82) is 0 Å². The fraction of sp³-hybridized carbons (Fsp3) is 0.462. The summed E-state index contributed by atoms with van der Waals surface area (Å²) in [7, 11) is 0. The molecule has 6 heteroatoms. The van der Waals surface area contributed by atoms with Crippen LogP contribution in [0, 0.1) is 17.5 Å². The Balaban J connectivity index is 2.20. The second-order valence-corrected chi connectivity index (χ2v) is 5.39. The first-order valence-corrected chi connectivity index (χ1v) is 7.13. The van der Waals surface area contributed by atoms with Crippen molar-refractivity contribution in [2.24, 2.45) is 0 Å². The average Bonchev–Trinajstić information content (AvgIpc) is 2.84. The normalized spacial score (nSPS) is 17.5. The smallest absolute Gasteiger partial charge is 0.251 e. The van der Waals surface area contributed by atoms with E-state index in [1.54, 1.807) is 0 Å². The molecule has 0 aliphatic heterocycles. The SMILES string of the molecule is O=C(NC1(CBr)CCCC1)c1cc(F)c(F)c(F)c1. The van der Waals surface area contributed by atoms with Crippen LogP contribution in [0.3, 0.4) is 0 Å². The Hall–Kier alpha value is -1.04. The average molecular weight is 336 g/mol.